The van der Waals surface area contributed by atoms with Crippen molar-refractivity contribution in [3.63, 3.8) is 0 Å². The van der Waals surface area contributed by atoms with Crippen molar-refractivity contribution in [3.8, 4) is 0 Å². The monoisotopic (exact) mass is 310 g/mol. The first kappa shape index (κ1) is 15.5. The molecular weight excluding hydrogens is 292 g/mol. The van der Waals surface area contributed by atoms with Crippen LogP contribution in [0.5, 0.6) is 0 Å². The second-order valence-electron chi connectivity index (χ2n) is 4.98. The molecule has 0 saturated carbocycles. The van der Waals surface area contributed by atoms with Gasteiger partial charge in [-0.05, 0) is 24.7 Å². The van der Waals surface area contributed by atoms with E-state index >= 15 is 0 Å². The average molecular weight is 310 g/mol. The molecule has 0 aliphatic heterocycles. The van der Waals surface area contributed by atoms with E-state index in [2.05, 4.69) is 5.32 Å². The van der Waals surface area contributed by atoms with Crippen LogP contribution in [-0.2, 0) is 21.7 Å². The van der Waals surface area contributed by atoms with Crippen LogP contribution >= 0.6 is 0 Å². The molecule has 0 saturated heterocycles. The first-order chi connectivity index (χ1) is 9.75. The second kappa shape index (κ2) is 5.50. The molecule has 1 heterocycles. The third-order valence-corrected chi connectivity index (χ3v) is 4.50. The fourth-order valence-corrected chi connectivity index (χ4v) is 3.04. The minimum absolute atomic E-state index is 0.183. The van der Waals surface area contributed by atoms with Crippen molar-refractivity contribution >= 4 is 26.7 Å². The highest BCUT2D eigenvalue weighted by atomic mass is 32.2. The molecule has 21 heavy (non-hydrogen) atoms. The summed E-state index contributed by atoms with van der Waals surface area (Å²) in [7, 11) is -1.53. The Hall–Kier alpha value is -1.86. The predicted octanol–water partition coefficient (Wildman–Crippen LogP) is 1.32. The summed E-state index contributed by atoms with van der Waals surface area (Å²) in [5.74, 6) is -0.992. The number of nitrogens with zero attached hydrogens (tertiary/aromatic N) is 1. The zero-order valence-electron chi connectivity index (χ0n) is 12.1. The van der Waals surface area contributed by atoms with Crippen molar-refractivity contribution in [2.24, 2.45) is 7.05 Å². The van der Waals surface area contributed by atoms with Crippen LogP contribution in [0.15, 0.2) is 29.3 Å². The molecule has 2 aromatic rings. The third kappa shape index (κ3) is 2.93. The molecule has 7 heteroatoms. The van der Waals surface area contributed by atoms with E-state index in [0.29, 0.717) is 17.5 Å². The summed E-state index contributed by atoms with van der Waals surface area (Å²) in [5.41, 5.74) is 1.36. The number of aryl methyl sites for hydroxylation is 1. The topological polar surface area (TPSA) is 88.4 Å². The second-order valence-corrected chi connectivity index (χ2v) is 6.99. The van der Waals surface area contributed by atoms with Gasteiger partial charge in [0.2, 0.25) is 0 Å². The number of carbonyl (C=O) groups is 1. The zero-order valence-corrected chi connectivity index (χ0v) is 12.9. The molecule has 0 aliphatic carbocycles. The maximum atomic E-state index is 11.7. The van der Waals surface area contributed by atoms with E-state index in [9.17, 15) is 18.3 Å². The molecular formula is C14H18N2O4S. The molecule has 0 fully saturated rings. The summed E-state index contributed by atoms with van der Waals surface area (Å²) in [6.07, 6.45) is 2.86. The van der Waals surface area contributed by atoms with E-state index in [4.69, 9.17) is 0 Å². The maximum Gasteiger partial charge on any atom is 0.325 e. The maximum absolute atomic E-state index is 11.7. The Morgan fingerprint density at radius 2 is 2.10 bits per heavy atom. The van der Waals surface area contributed by atoms with Gasteiger partial charge in [0.1, 0.15) is 6.04 Å². The number of fused-ring (bicyclic) bond motifs is 1. The molecule has 0 aliphatic rings. The summed E-state index contributed by atoms with van der Waals surface area (Å²) in [6, 6.07) is 3.89. The van der Waals surface area contributed by atoms with Gasteiger partial charge in [-0.15, -0.1) is 0 Å². The van der Waals surface area contributed by atoms with Gasteiger partial charge >= 0.3 is 5.97 Å². The summed E-state index contributed by atoms with van der Waals surface area (Å²) >= 11 is 0. The number of benzene rings is 1. The number of aliphatic carboxylic acids is 1. The highest BCUT2D eigenvalue weighted by molar-refractivity contribution is 7.90. The minimum atomic E-state index is -3.34. The van der Waals surface area contributed by atoms with Gasteiger partial charge in [-0.25, -0.2) is 8.42 Å². The molecule has 1 aromatic carbocycles. The van der Waals surface area contributed by atoms with Gasteiger partial charge in [-0.3, -0.25) is 4.79 Å². The van der Waals surface area contributed by atoms with E-state index < -0.39 is 21.8 Å². The Labute approximate surface area is 123 Å². The number of nitrogens with one attached hydrogen (secondary N) is 1. The molecule has 2 N–H and O–H groups in total. The van der Waals surface area contributed by atoms with E-state index in [1.54, 1.807) is 23.9 Å². The fourth-order valence-electron chi connectivity index (χ4n) is 2.40. The Bertz CT molecular complexity index is 793. The third-order valence-electron chi connectivity index (χ3n) is 3.39. The first-order valence-corrected chi connectivity index (χ1v) is 8.40. The van der Waals surface area contributed by atoms with Gasteiger partial charge in [0.25, 0.3) is 0 Å². The van der Waals surface area contributed by atoms with Crippen LogP contribution in [0.4, 0.5) is 0 Å². The predicted molar refractivity (Wildman–Crippen MR) is 80.1 cm³/mol. The molecule has 114 valence electrons. The van der Waals surface area contributed by atoms with Gasteiger partial charge in [0, 0.05) is 36.0 Å². The van der Waals surface area contributed by atoms with Crippen molar-refractivity contribution in [1.82, 2.24) is 9.88 Å². The Morgan fingerprint density at radius 3 is 2.62 bits per heavy atom. The quantitative estimate of drug-likeness (QED) is 0.869. The largest absolute Gasteiger partial charge is 0.480 e. The van der Waals surface area contributed by atoms with Crippen molar-refractivity contribution in [2.45, 2.75) is 17.9 Å². The first-order valence-electron chi connectivity index (χ1n) is 6.51. The molecule has 0 spiro atoms. The Balaban J connectivity index is 2.71. The minimum Gasteiger partial charge on any atom is -0.480 e. The summed E-state index contributed by atoms with van der Waals surface area (Å²) in [4.78, 5) is 11.6. The van der Waals surface area contributed by atoms with Gasteiger partial charge < -0.3 is 15.0 Å². The number of rotatable bonds is 5. The molecule has 1 unspecified atom stereocenters. The zero-order chi connectivity index (χ0) is 15.8. The molecule has 0 radical (unpaired) electrons. The SMILES string of the molecule is CCNC(C(=O)O)c1cn(C)c2ccc(S(C)(=O)=O)cc12. The van der Waals surface area contributed by atoms with Gasteiger partial charge in [0.05, 0.1) is 4.90 Å². The smallest absolute Gasteiger partial charge is 0.325 e. The van der Waals surface area contributed by atoms with Crippen LogP contribution in [0.2, 0.25) is 0 Å². The van der Waals surface area contributed by atoms with Crippen molar-refractivity contribution in [2.75, 3.05) is 12.8 Å². The van der Waals surface area contributed by atoms with E-state index in [1.165, 1.54) is 12.1 Å². The summed E-state index contributed by atoms with van der Waals surface area (Å²) in [5, 5.41) is 12.9. The number of hydrogen-bond acceptors (Lipinski definition) is 4. The molecule has 0 amide bonds. The molecule has 1 aromatic heterocycles. The lowest BCUT2D eigenvalue weighted by Crippen LogP contribution is -2.28. The van der Waals surface area contributed by atoms with Crippen LogP contribution in [0.1, 0.15) is 18.5 Å². The van der Waals surface area contributed by atoms with E-state index in [1.807, 2.05) is 6.92 Å². The normalized spacial score (nSPS) is 13.5. The summed E-state index contributed by atoms with van der Waals surface area (Å²) < 4.78 is 25.2. The average Bonchev–Trinajstić information content (AvgIpc) is 2.71. The molecule has 6 nitrogen and oxygen atoms in total. The number of hydrogen-bond donors (Lipinski definition) is 2. The van der Waals surface area contributed by atoms with E-state index in [-0.39, 0.29) is 4.90 Å². The summed E-state index contributed by atoms with van der Waals surface area (Å²) in [6.45, 7) is 2.32. The number of likely N-dealkylation sites (N-methyl/N-ethyl adjacent to an activating group) is 1. The van der Waals surface area contributed by atoms with Gasteiger partial charge in [-0.2, -0.15) is 0 Å². The van der Waals surface area contributed by atoms with Crippen LogP contribution < -0.4 is 5.32 Å². The van der Waals surface area contributed by atoms with Gasteiger partial charge in [0.15, 0.2) is 9.84 Å². The van der Waals surface area contributed by atoms with Gasteiger partial charge in [-0.1, -0.05) is 6.92 Å². The van der Waals surface area contributed by atoms with Crippen molar-refractivity contribution < 1.29 is 18.3 Å². The Morgan fingerprint density at radius 1 is 1.43 bits per heavy atom. The highest BCUT2D eigenvalue weighted by Gasteiger charge is 2.23. The van der Waals surface area contributed by atoms with E-state index in [0.717, 1.165) is 11.8 Å². The number of carboxylic acids is 1. The molecule has 0 bridgehead atoms. The Kier molecular flexibility index (Phi) is 4.06. The van der Waals surface area contributed by atoms with Crippen LogP contribution in [0.3, 0.4) is 0 Å². The van der Waals surface area contributed by atoms with Crippen LogP contribution in [0.25, 0.3) is 10.9 Å². The van der Waals surface area contributed by atoms with Crippen LogP contribution in [-0.4, -0.2) is 36.9 Å². The number of sulfone groups is 1. The lowest BCUT2D eigenvalue weighted by atomic mass is 10.1. The molecule has 1 atom stereocenters. The number of carboxylic acid groups (broad SMARTS) is 1. The molecule has 2 rings (SSSR count). The van der Waals surface area contributed by atoms with Crippen LogP contribution in [0, 0.1) is 0 Å². The van der Waals surface area contributed by atoms with Crippen molar-refractivity contribution in [3.05, 3.63) is 30.0 Å². The highest BCUT2D eigenvalue weighted by Crippen LogP contribution is 2.28. The fraction of sp³-hybridized carbons (Fsp3) is 0.357. The number of aromatic nitrogens is 1. The van der Waals surface area contributed by atoms with Crippen molar-refractivity contribution in [1.29, 1.82) is 0 Å². The standard InChI is InChI=1S/C14H18N2O4S/c1-4-15-13(14(17)18)11-8-16(2)12-6-5-9(7-10(11)12)21(3,19)20/h5-8,13,15H,4H2,1-3H3,(H,17,18). The lowest BCUT2D eigenvalue weighted by molar-refractivity contribution is -0.139. The lowest BCUT2D eigenvalue weighted by Gasteiger charge is -2.12.